The smallest absolute Gasteiger partial charge is 0.302 e. The van der Waals surface area contributed by atoms with Crippen molar-refractivity contribution in [3.63, 3.8) is 0 Å². The molecule has 1 aliphatic rings. The van der Waals surface area contributed by atoms with Crippen LogP contribution in [-0.2, 0) is 30.5 Å². The van der Waals surface area contributed by atoms with Gasteiger partial charge in [0.05, 0.1) is 26.4 Å². The quantitative estimate of drug-likeness (QED) is 0.145. The number of imide groups is 1. The maximum atomic E-state index is 13.3. The van der Waals surface area contributed by atoms with Crippen molar-refractivity contribution in [2.45, 2.75) is 27.4 Å². The Bertz CT molecular complexity index is 1400. The van der Waals surface area contributed by atoms with Crippen molar-refractivity contribution in [1.82, 2.24) is 4.90 Å². The molecule has 3 rings (SSSR count). The lowest BCUT2D eigenvalue weighted by Crippen LogP contribution is -2.44. The summed E-state index contributed by atoms with van der Waals surface area (Å²) >= 11 is 12.2. The van der Waals surface area contributed by atoms with Crippen LogP contribution in [0.4, 0.5) is 0 Å². The first kappa shape index (κ1) is 30.7. The number of benzene rings is 2. The van der Waals surface area contributed by atoms with E-state index in [9.17, 15) is 19.6 Å². The number of carbonyl (C=O) groups is 3. The highest BCUT2D eigenvalue weighted by Gasteiger charge is 2.35. The molecule has 2 aromatic carbocycles. The van der Waals surface area contributed by atoms with E-state index in [0.29, 0.717) is 33.7 Å². The molecule has 40 heavy (non-hydrogen) atoms. The minimum absolute atomic E-state index is 0.0158. The maximum Gasteiger partial charge on any atom is 0.302 e. The number of carbonyl (C=O) groups excluding carboxylic acids is 3. The monoisotopic (exact) mass is 586 g/mol. The van der Waals surface area contributed by atoms with E-state index in [1.54, 1.807) is 49.4 Å². The summed E-state index contributed by atoms with van der Waals surface area (Å²) in [5, 5.41) is 10.6. The molecule has 0 saturated carbocycles. The van der Waals surface area contributed by atoms with E-state index in [1.165, 1.54) is 6.92 Å². The number of ether oxygens (including phenoxy) is 4. The van der Waals surface area contributed by atoms with Gasteiger partial charge in [-0.1, -0.05) is 35.3 Å². The molecule has 0 N–H and O–H groups in total. The minimum Gasteiger partial charge on any atom is -0.490 e. The largest absolute Gasteiger partial charge is 0.490 e. The van der Waals surface area contributed by atoms with Gasteiger partial charge in [-0.2, -0.15) is 5.26 Å². The van der Waals surface area contributed by atoms with E-state index in [1.807, 2.05) is 13.0 Å². The first-order valence-electron chi connectivity index (χ1n) is 12.4. The second-order valence-electron chi connectivity index (χ2n) is 8.55. The summed E-state index contributed by atoms with van der Waals surface area (Å²) in [6, 6.07) is 12.2. The Morgan fingerprint density at radius 1 is 1.02 bits per heavy atom. The van der Waals surface area contributed by atoms with Gasteiger partial charge in [0.1, 0.15) is 24.9 Å². The first-order chi connectivity index (χ1) is 19.2. The highest BCUT2D eigenvalue weighted by Crippen LogP contribution is 2.33. The fourth-order valence-electron chi connectivity index (χ4n) is 3.80. The minimum atomic E-state index is -0.689. The summed E-state index contributed by atoms with van der Waals surface area (Å²) in [6.45, 7) is 5.34. The molecular formula is C29H28Cl2N2O7. The Balaban J connectivity index is 1.82. The van der Waals surface area contributed by atoms with Crippen LogP contribution in [0.15, 0.2) is 53.1 Å². The summed E-state index contributed by atoms with van der Waals surface area (Å²) in [4.78, 5) is 37.9. The Morgan fingerprint density at radius 3 is 2.48 bits per heavy atom. The molecule has 0 fully saturated rings. The summed E-state index contributed by atoms with van der Waals surface area (Å²) in [6.07, 6.45) is 1.60. The molecular weight excluding hydrogens is 559 g/mol. The van der Waals surface area contributed by atoms with Gasteiger partial charge in [-0.15, -0.1) is 0 Å². The van der Waals surface area contributed by atoms with Crippen LogP contribution in [0.3, 0.4) is 0 Å². The number of hydrogen-bond donors (Lipinski definition) is 0. The van der Waals surface area contributed by atoms with Gasteiger partial charge in [-0.3, -0.25) is 19.3 Å². The van der Waals surface area contributed by atoms with Gasteiger partial charge >= 0.3 is 5.97 Å². The van der Waals surface area contributed by atoms with E-state index >= 15 is 0 Å². The number of amides is 2. The second kappa shape index (κ2) is 14.5. The summed E-state index contributed by atoms with van der Waals surface area (Å²) in [7, 11) is 0. The molecule has 0 aliphatic carbocycles. The van der Waals surface area contributed by atoms with Crippen LogP contribution in [0.25, 0.3) is 6.08 Å². The Hall–Kier alpha value is -3.84. The van der Waals surface area contributed by atoms with E-state index in [4.69, 9.17) is 42.1 Å². The van der Waals surface area contributed by atoms with Crippen LogP contribution >= 0.6 is 23.2 Å². The van der Waals surface area contributed by atoms with Crippen LogP contribution in [-0.4, -0.2) is 55.7 Å². The SMILES string of the molecule is CCOc1cc(/C=C2/C(=O)N(CCOCCOC(C)=O)C(=O)C(C#N)=C2C)ccc1OCc1ccc(Cl)cc1Cl. The highest BCUT2D eigenvalue weighted by molar-refractivity contribution is 6.35. The standard InChI is InChI=1S/C29H28Cl2N2O7/c1-4-38-27-14-20(5-8-26(27)40-17-21-6-7-22(30)15-25(21)31)13-23-18(2)24(16-32)29(36)33(28(23)35)9-10-37-11-12-39-19(3)34/h5-8,13-15H,4,9-12,17H2,1-3H3/b23-13+. The normalized spacial score (nSPS) is 14.4. The lowest BCUT2D eigenvalue weighted by molar-refractivity contribution is -0.142. The average molecular weight is 587 g/mol. The highest BCUT2D eigenvalue weighted by atomic mass is 35.5. The average Bonchev–Trinajstić information content (AvgIpc) is 2.91. The molecule has 0 radical (unpaired) electrons. The van der Waals surface area contributed by atoms with Crippen LogP contribution in [0, 0.1) is 11.3 Å². The van der Waals surface area contributed by atoms with Gasteiger partial charge in [-0.05, 0) is 55.3 Å². The predicted octanol–water partition coefficient (Wildman–Crippen LogP) is 5.14. The maximum absolute atomic E-state index is 13.3. The van der Waals surface area contributed by atoms with Crippen molar-refractivity contribution in [2.24, 2.45) is 0 Å². The van der Waals surface area contributed by atoms with Gasteiger partial charge in [0.15, 0.2) is 11.5 Å². The molecule has 0 bridgehead atoms. The van der Waals surface area contributed by atoms with Gasteiger partial charge in [-0.25, -0.2) is 0 Å². The Labute approximate surface area is 242 Å². The van der Waals surface area contributed by atoms with Crippen LogP contribution in [0.2, 0.25) is 10.0 Å². The molecule has 0 atom stereocenters. The fourth-order valence-corrected chi connectivity index (χ4v) is 4.26. The third kappa shape index (κ3) is 7.85. The van der Waals surface area contributed by atoms with Crippen molar-refractivity contribution in [2.75, 3.05) is 33.0 Å². The van der Waals surface area contributed by atoms with Gasteiger partial charge in [0.2, 0.25) is 0 Å². The van der Waals surface area contributed by atoms with Crippen LogP contribution in [0.5, 0.6) is 11.5 Å². The van der Waals surface area contributed by atoms with Crippen molar-refractivity contribution in [1.29, 1.82) is 5.26 Å². The molecule has 1 heterocycles. The summed E-state index contributed by atoms with van der Waals surface area (Å²) < 4.78 is 21.9. The Morgan fingerprint density at radius 2 is 1.80 bits per heavy atom. The molecule has 0 aromatic heterocycles. The van der Waals surface area contributed by atoms with Gasteiger partial charge < -0.3 is 18.9 Å². The molecule has 0 unspecified atom stereocenters. The molecule has 210 valence electrons. The van der Waals surface area contributed by atoms with E-state index in [-0.39, 0.29) is 49.7 Å². The number of nitrogens with zero attached hydrogens (tertiary/aromatic N) is 2. The second-order valence-corrected chi connectivity index (χ2v) is 9.39. The number of rotatable bonds is 12. The third-order valence-corrected chi connectivity index (χ3v) is 6.38. The van der Waals surface area contributed by atoms with Gasteiger partial charge in [0, 0.05) is 28.1 Å². The lowest BCUT2D eigenvalue weighted by atomic mass is 9.93. The molecule has 2 amide bonds. The molecule has 0 spiro atoms. The van der Waals surface area contributed by atoms with E-state index in [2.05, 4.69) is 0 Å². The molecule has 1 aliphatic heterocycles. The van der Waals surface area contributed by atoms with Crippen molar-refractivity contribution < 1.29 is 33.3 Å². The van der Waals surface area contributed by atoms with Crippen molar-refractivity contribution in [3.8, 4) is 17.6 Å². The zero-order valence-corrected chi connectivity index (χ0v) is 23.8. The van der Waals surface area contributed by atoms with Gasteiger partial charge in [0.25, 0.3) is 11.8 Å². The third-order valence-electron chi connectivity index (χ3n) is 5.79. The van der Waals surface area contributed by atoms with Crippen molar-refractivity contribution in [3.05, 3.63) is 74.3 Å². The van der Waals surface area contributed by atoms with Crippen molar-refractivity contribution >= 4 is 47.1 Å². The zero-order valence-electron chi connectivity index (χ0n) is 22.3. The topological polar surface area (TPSA) is 115 Å². The number of halogens is 2. The number of esters is 1. The van der Waals surface area contributed by atoms with Crippen LogP contribution < -0.4 is 9.47 Å². The number of nitriles is 1. The van der Waals surface area contributed by atoms with E-state index < -0.39 is 17.8 Å². The predicted molar refractivity (Wildman–Crippen MR) is 149 cm³/mol. The zero-order chi connectivity index (χ0) is 29.2. The van der Waals surface area contributed by atoms with E-state index in [0.717, 1.165) is 10.5 Å². The lowest BCUT2D eigenvalue weighted by Gasteiger charge is -2.27. The fraction of sp³-hybridized carbons (Fsp3) is 0.310. The molecule has 0 saturated heterocycles. The summed E-state index contributed by atoms with van der Waals surface area (Å²) in [5.41, 5.74) is 1.69. The van der Waals surface area contributed by atoms with Crippen LogP contribution in [0.1, 0.15) is 31.9 Å². The molecule has 9 nitrogen and oxygen atoms in total. The first-order valence-corrected chi connectivity index (χ1v) is 13.2. The molecule has 11 heteroatoms. The summed E-state index contributed by atoms with van der Waals surface area (Å²) in [5.74, 6) is -0.762. The molecule has 2 aromatic rings. The number of hydrogen-bond acceptors (Lipinski definition) is 8. The Kier molecular flexibility index (Phi) is 11.1.